The smallest absolute Gasteiger partial charge is 0.263 e. The van der Waals surface area contributed by atoms with Gasteiger partial charge in [-0.1, -0.05) is 44.2 Å². The summed E-state index contributed by atoms with van der Waals surface area (Å²) in [6.45, 7) is 4.23. The van der Waals surface area contributed by atoms with Crippen LogP contribution in [-0.4, -0.2) is 22.7 Å². The van der Waals surface area contributed by atoms with Crippen LogP contribution in [0.3, 0.4) is 0 Å². The highest BCUT2D eigenvalue weighted by Crippen LogP contribution is 2.19. The van der Waals surface area contributed by atoms with Gasteiger partial charge in [0.2, 0.25) is 0 Å². The summed E-state index contributed by atoms with van der Waals surface area (Å²) in [7, 11) is 0. The summed E-state index contributed by atoms with van der Waals surface area (Å²) in [6, 6.07) is 20.8. The zero-order valence-corrected chi connectivity index (χ0v) is 15.3. The second-order valence-corrected chi connectivity index (χ2v) is 6.36. The highest BCUT2D eigenvalue weighted by molar-refractivity contribution is 5.90. The third-order valence-corrected chi connectivity index (χ3v) is 3.89. The number of hydrogen-bond donors (Lipinski definition) is 2. The Hall–Kier alpha value is -3.41. The fourth-order valence-corrected chi connectivity index (χ4v) is 2.41. The third-order valence-electron chi connectivity index (χ3n) is 3.89. The molecule has 6 heteroatoms. The van der Waals surface area contributed by atoms with Gasteiger partial charge in [0.15, 0.2) is 18.2 Å². The zero-order valence-electron chi connectivity index (χ0n) is 15.3. The Morgan fingerprint density at radius 2 is 1.59 bits per heavy atom. The lowest BCUT2D eigenvalue weighted by atomic mass is 10.0. The normalized spacial score (nSPS) is 10.5. The quantitative estimate of drug-likeness (QED) is 0.653. The number of para-hydroxylation sites is 1. The molecule has 0 bridgehead atoms. The van der Waals surface area contributed by atoms with Crippen LogP contribution < -0.4 is 15.4 Å². The number of nitrogens with zero attached hydrogens (tertiary/aromatic N) is 2. The van der Waals surface area contributed by atoms with Crippen LogP contribution in [0, 0.1) is 0 Å². The number of hydrogen-bond acceptors (Lipinski definition) is 5. The Morgan fingerprint density at radius 3 is 2.22 bits per heavy atom. The van der Waals surface area contributed by atoms with Crippen LogP contribution in [0.2, 0.25) is 0 Å². The number of carbonyl (C=O) groups is 1. The van der Waals surface area contributed by atoms with E-state index in [0.29, 0.717) is 23.3 Å². The third kappa shape index (κ3) is 5.54. The minimum absolute atomic E-state index is 0.0894. The van der Waals surface area contributed by atoms with Gasteiger partial charge >= 0.3 is 0 Å². The summed E-state index contributed by atoms with van der Waals surface area (Å²) in [4.78, 5) is 11.9. The standard InChI is InChI=1S/C21H22N4O2/c1-15(2)16-8-10-17(11-9-16)22-19-12-13-20(25-24-19)23-21(26)14-27-18-6-4-3-5-7-18/h3-13,15H,14H2,1-2H3,(H,22,24)(H,23,25,26). The van der Waals surface area contributed by atoms with E-state index < -0.39 is 0 Å². The molecule has 0 unspecified atom stereocenters. The molecule has 27 heavy (non-hydrogen) atoms. The first-order valence-corrected chi connectivity index (χ1v) is 8.78. The van der Waals surface area contributed by atoms with Gasteiger partial charge in [0.1, 0.15) is 5.75 Å². The molecular weight excluding hydrogens is 340 g/mol. The van der Waals surface area contributed by atoms with Crippen molar-refractivity contribution in [1.29, 1.82) is 0 Å². The van der Waals surface area contributed by atoms with Gasteiger partial charge < -0.3 is 15.4 Å². The monoisotopic (exact) mass is 362 g/mol. The first kappa shape index (κ1) is 18.4. The molecule has 2 aromatic carbocycles. The number of ether oxygens (including phenoxy) is 1. The van der Waals surface area contributed by atoms with Crippen LogP contribution in [0.5, 0.6) is 5.75 Å². The fraction of sp³-hybridized carbons (Fsp3) is 0.190. The van der Waals surface area contributed by atoms with E-state index in [9.17, 15) is 4.79 Å². The largest absolute Gasteiger partial charge is 0.484 e. The number of aromatic nitrogens is 2. The van der Waals surface area contributed by atoms with Crippen molar-refractivity contribution in [1.82, 2.24) is 10.2 Å². The van der Waals surface area contributed by atoms with Crippen molar-refractivity contribution in [3.8, 4) is 5.75 Å². The van der Waals surface area contributed by atoms with Crippen molar-refractivity contribution in [2.75, 3.05) is 17.2 Å². The van der Waals surface area contributed by atoms with Crippen molar-refractivity contribution >= 4 is 23.2 Å². The van der Waals surface area contributed by atoms with Crippen LogP contribution in [0.25, 0.3) is 0 Å². The molecule has 0 atom stereocenters. The molecule has 3 aromatic rings. The fourth-order valence-electron chi connectivity index (χ4n) is 2.41. The van der Waals surface area contributed by atoms with Crippen molar-refractivity contribution in [2.24, 2.45) is 0 Å². The SMILES string of the molecule is CC(C)c1ccc(Nc2ccc(NC(=O)COc3ccccc3)nn2)cc1. The highest BCUT2D eigenvalue weighted by Gasteiger charge is 2.06. The van der Waals surface area contributed by atoms with Gasteiger partial charge in [-0.15, -0.1) is 10.2 Å². The number of anilines is 3. The second kappa shape index (κ2) is 8.80. The Morgan fingerprint density at radius 1 is 0.926 bits per heavy atom. The predicted octanol–water partition coefficient (Wildman–Crippen LogP) is 4.36. The number of rotatable bonds is 7. The summed E-state index contributed by atoms with van der Waals surface area (Å²) in [5, 5.41) is 13.9. The highest BCUT2D eigenvalue weighted by atomic mass is 16.5. The first-order chi connectivity index (χ1) is 13.1. The topological polar surface area (TPSA) is 76.1 Å². The Labute approximate surface area is 158 Å². The number of carbonyl (C=O) groups excluding carboxylic acids is 1. The lowest BCUT2D eigenvalue weighted by Crippen LogP contribution is -2.21. The summed E-state index contributed by atoms with van der Waals surface area (Å²) in [6.07, 6.45) is 0. The molecule has 0 fully saturated rings. The maximum absolute atomic E-state index is 11.9. The zero-order chi connectivity index (χ0) is 19.1. The van der Waals surface area contributed by atoms with E-state index >= 15 is 0 Å². The van der Waals surface area contributed by atoms with E-state index in [1.165, 1.54) is 5.56 Å². The number of nitrogens with one attached hydrogen (secondary N) is 2. The molecule has 1 heterocycles. The van der Waals surface area contributed by atoms with E-state index in [1.54, 1.807) is 24.3 Å². The molecule has 0 aliphatic rings. The average molecular weight is 362 g/mol. The van der Waals surface area contributed by atoms with Crippen LogP contribution in [0.15, 0.2) is 66.7 Å². The van der Waals surface area contributed by atoms with Gasteiger partial charge in [-0.2, -0.15) is 0 Å². The summed E-state index contributed by atoms with van der Waals surface area (Å²) < 4.78 is 5.40. The van der Waals surface area contributed by atoms with Crippen molar-refractivity contribution in [2.45, 2.75) is 19.8 Å². The molecule has 0 spiro atoms. The molecule has 0 aliphatic heterocycles. The average Bonchev–Trinajstić information content (AvgIpc) is 2.69. The first-order valence-electron chi connectivity index (χ1n) is 8.78. The minimum atomic E-state index is -0.293. The summed E-state index contributed by atoms with van der Waals surface area (Å²) in [5.41, 5.74) is 2.21. The minimum Gasteiger partial charge on any atom is -0.484 e. The van der Waals surface area contributed by atoms with Crippen LogP contribution >= 0.6 is 0 Å². The van der Waals surface area contributed by atoms with Gasteiger partial charge in [0, 0.05) is 5.69 Å². The maximum Gasteiger partial charge on any atom is 0.263 e. The maximum atomic E-state index is 11.9. The lowest BCUT2D eigenvalue weighted by Gasteiger charge is -2.09. The molecule has 0 saturated heterocycles. The molecule has 2 N–H and O–H groups in total. The van der Waals surface area contributed by atoms with Crippen molar-refractivity contribution in [3.05, 3.63) is 72.3 Å². The van der Waals surface area contributed by atoms with Gasteiger partial charge in [-0.25, -0.2) is 0 Å². The van der Waals surface area contributed by atoms with E-state index in [-0.39, 0.29) is 12.5 Å². The van der Waals surface area contributed by atoms with E-state index in [2.05, 4.69) is 46.8 Å². The van der Waals surface area contributed by atoms with Gasteiger partial charge in [-0.05, 0) is 47.9 Å². The molecule has 3 rings (SSSR count). The molecule has 0 radical (unpaired) electrons. The van der Waals surface area contributed by atoms with E-state index in [4.69, 9.17) is 4.74 Å². The van der Waals surface area contributed by atoms with Crippen LogP contribution in [0.4, 0.5) is 17.3 Å². The lowest BCUT2D eigenvalue weighted by molar-refractivity contribution is -0.118. The number of amides is 1. The van der Waals surface area contributed by atoms with Crippen molar-refractivity contribution in [3.63, 3.8) is 0 Å². The molecule has 1 aromatic heterocycles. The van der Waals surface area contributed by atoms with Crippen molar-refractivity contribution < 1.29 is 9.53 Å². The Balaban J connectivity index is 1.51. The van der Waals surface area contributed by atoms with E-state index in [0.717, 1.165) is 5.69 Å². The Bertz CT molecular complexity index is 863. The van der Waals surface area contributed by atoms with Gasteiger partial charge in [-0.3, -0.25) is 4.79 Å². The van der Waals surface area contributed by atoms with Crippen LogP contribution in [-0.2, 0) is 4.79 Å². The van der Waals surface area contributed by atoms with Gasteiger partial charge in [0.05, 0.1) is 0 Å². The second-order valence-electron chi connectivity index (χ2n) is 6.36. The molecule has 0 saturated carbocycles. The predicted molar refractivity (Wildman–Crippen MR) is 106 cm³/mol. The molecule has 1 amide bonds. The van der Waals surface area contributed by atoms with E-state index in [1.807, 2.05) is 30.3 Å². The van der Waals surface area contributed by atoms with Crippen LogP contribution in [0.1, 0.15) is 25.3 Å². The molecule has 6 nitrogen and oxygen atoms in total. The molecule has 138 valence electrons. The Kier molecular flexibility index (Phi) is 5.99. The van der Waals surface area contributed by atoms with Gasteiger partial charge in [0.25, 0.3) is 5.91 Å². The number of benzene rings is 2. The summed E-state index contributed by atoms with van der Waals surface area (Å²) >= 11 is 0. The molecular formula is C21H22N4O2. The molecule has 0 aliphatic carbocycles. The summed E-state index contributed by atoms with van der Waals surface area (Å²) in [5.74, 6) is 1.82.